The predicted octanol–water partition coefficient (Wildman–Crippen LogP) is 3.95. The third-order valence-electron chi connectivity index (χ3n) is 2.89. The van der Waals surface area contributed by atoms with Crippen molar-refractivity contribution in [2.45, 2.75) is 0 Å². The molecule has 2 aromatic rings. The lowest BCUT2D eigenvalue weighted by Crippen LogP contribution is -2.13. The standard InChI is InChI=1S/C15H11Cl2NO4/c1-22-9-4-2-8(3-5-9)14(19)18-13-6-10(15(20)21)11(16)7-12(13)17/h2-7H,1H3,(H,18,19)(H,20,21). The van der Waals surface area contributed by atoms with Gasteiger partial charge in [0.05, 0.1) is 28.4 Å². The highest BCUT2D eigenvalue weighted by Gasteiger charge is 2.15. The molecule has 0 bridgehead atoms. The van der Waals surface area contributed by atoms with E-state index in [0.717, 1.165) is 0 Å². The molecule has 114 valence electrons. The summed E-state index contributed by atoms with van der Waals surface area (Å²) >= 11 is 11.8. The van der Waals surface area contributed by atoms with Crippen LogP contribution in [0.3, 0.4) is 0 Å². The van der Waals surface area contributed by atoms with Crippen LogP contribution in [-0.4, -0.2) is 24.1 Å². The van der Waals surface area contributed by atoms with Crippen molar-refractivity contribution in [3.05, 3.63) is 57.6 Å². The van der Waals surface area contributed by atoms with Crippen LogP contribution in [0.2, 0.25) is 10.0 Å². The minimum absolute atomic E-state index is 0.0000496. The summed E-state index contributed by atoms with van der Waals surface area (Å²) in [6, 6.07) is 8.93. The zero-order valence-corrected chi connectivity index (χ0v) is 12.9. The molecule has 0 radical (unpaired) electrons. The van der Waals surface area contributed by atoms with Crippen molar-refractivity contribution in [2.24, 2.45) is 0 Å². The maximum absolute atomic E-state index is 12.1. The van der Waals surface area contributed by atoms with E-state index < -0.39 is 11.9 Å². The summed E-state index contributed by atoms with van der Waals surface area (Å²) in [7, 11) is 1.52. The first-order valence-electron chi connectivity index (χ1n) is 6.10. The van der Waals surface area contributed by atoms with E-state index in [-0.39, 0.29) is 21.3 Å². The maximum atomic E-state index is 12.1. The highest BCUT2D eigenvalue weighted by Crippen LogP contribution is 2.29. The van der Waals surface area contributed by atoms with Crippen LogP contribution in [0.4, 0.5) is 5.69 Å². The summed E-state index contributed by atoms with van der Waals surface area (Å²) in [6.07, 6.45) is 0. The Bertz CT molecular complexity index is 729. The lowest BCUT2D eigenvalue weighted by atomic mass is 10.1. The van der Waals surface area contributed by atoms with Gasteiger partial charge in [-0.15, -0.1) is 0 Å². The number of anilines is 1. The van der Waals surface area contributed by atoms with Gasteiger partial charge in [0, 0.05) is 5.56 Å². The smallest absolute Gasteiger partial charge is 0.337 e. The molecular weight excluding hydrogens is 329 g/mol. The molecule has 5 nitrogen and oxygen atoms in total. The van der Waals surface area contributed by atoms with Crippen LogP contribution in [0.1, 0.15) is 20.7 Å². The summed E-state index contributed by atoms with van der Waals surface area (Å²) in [4.78, 5) is 23.2. The summed E-state index contributed by atoms with van der Waals surface area (Å²) in [5, 5.41) is 11.7. The molecule has 0 heterocycles. The fourth-order valence-corrected chi connectivity index (χ4v) is 2.26. The monoisotopic (exact) mass is 339 g/mol. The number of carbonyl (C=O) groups is 2. The van der Waals surface area contributed by atoms with Crippen molar-refractivity contribution < 1.29 is 19.4 Å². The van der Waals surface area contributed by atoms with Crippen LogP contribution in [0, 0.1) is 0 Å². The van der Waals surface area contributed by atoms with E-state index in [9.17, 15) is 9.59 Å². The molecule has 0 spiro atoms. The fraction of sp³-hybridized carbons (Fsp3) is 0.0667. The van der Waals surface area contributed by atoms with Crippen molar-refractivity contribution >= 4 is 40.8 Å². The first-order valence-corrected chi connectivity index (χ1v) is 6.85. The SMILES string of the molecule is COc1ccc(C(=O)Nc2cc(C(=O)O)c(Cl)cc2Cl)cc1. The van der Waals surface area contributed by atoms with Crippen LogP contribution in [-0.2, 0) is 0 Å². The summed E-state index contributed by atoms with van der Waals surface area (Å²) in [5.41, 5.74) is 0.407. The van der Waals surface area contributed by atoms with Crippen molar-refractivity contribution in [3.8, 4) is 5.75 Å². The summed E-state index contributed by atoms with van der Waals surface area (Å²) in [6.45, 7) is 0. The topological polar surface area (TPSA) is 75.6 Å². The highest BCUT2D eigenvalue weighted by atomic mass is 35.5. The van der Waals surface area contributed by atoms with Gasteiger partial charge >= 0.3 is 5.97 Å². The second-order valence-electron chi connectivity index (χ2n) is 4.30. The number of halogens is 2. The molecule has 0 aliphatic rings. The molecule has 0 unspecified atom stereocenters. The third-order valence-corrected chi connectivity index (χ3v) is 3.51. The first-order chi connectivity index (χ1) is 10.4. The Balaban J connectivity index is 2.27. The zero-order valence-electron chi connectivity index (χ0n) is 11.4. The van der Waals surface area contributed by atoms with Crippen LogP contribution < -0.4 is 10.1 Å². The van der Waals surface area contributed by atoms with Gasteiger partial charge in [-0.1, -0.05) is 23.2 Å². The van der Waals surface area contributed by atoms with E-state index in [1.54, 1.807) is 24.3 Å². The van der Waals surface area contributed by atoms with Gasteiger partial charge in [0.15, 0.2) is 0 Å². The van der Waals surface area contributed by atoms with E-state index >= 15 is 0 Å². The molecular formula is C15H11Cl2NO4. The minimum Gasteiger partial charge on any atom is -0.497 e. The molecule has 0 aromatic heterocycles. The number of benzene rings is 2. The van der Waals surface area contributed by atoms with Crippen molar-refractivity contribution in [3.63, 3.8) is 0 Å². The Morgan fingerprint density at radius 3 is 2.27 bits per heavy atom. The molecule has 7 heteroatoms. The molecule has 2 aromatic carbocycles. The minimum atomic E-state index is -1.21. The van der Waals surface area contributed by atoms with Crippen LogP contribution in [0.5, 0.6) is 5.75 Å². The lowest BCUT2D eigenvalue weighted by molar-refractivity contribution is 0.0696. The van der Waals surface area contributed by atoms with Gasteiger partial charge in [-0.05, 0) is 36.4 Å². The molecule has 1 amide bonds. The quantitative estimate of drug-likeness (QED) is 0.884. The fourth-order valence-electron chi connectivity index (χ4n) is 1.75. The Hall–Kier alpha value is -2.24. The largest absolute Gasteiger partial charge is 0.497 e. The number of ether oxygens (including phenoxy) is 1. The number of hydrogen-bond donors (Lipinski definition) is 2. The normalized spacial score (nSPS) is 10.1. The molecule has 0 saturated heterocycles. The van der Waals surface area contributed by atoms with E-state index in [1.165, 1.54) is 19.2 Å². The third kappa shape index (κ3) is 3.50. The number of carbonyl (C=O) groups excluding carboxylic acids is 1. The number of hydrogen-bond acceptors (Lipinski definition) is 3. The van der Waals surface area contributed by atoms with Gasteiger partial charge in [-0.25, -0.2) is 4.79 Å². The Kier molecular flexibility index (Phi) is 4.90. The van der Waals surface area contributed by atoms with Crippen molar-refractivity contribution in [2.75, 3.05) is 12.4 Å². The number of aromatic carboxylic acids is 1. The second-order valence-corrected chi connectivity index (χ2v) is 5.11. The zero-order chi connectivity index (χ0) is 16.3. The van der Waals surface area contributed by atoms with Gasteiger partial charge in [-0.2, -0.15) is 0 Å². The van der Waals surface area contributed by atoms with Crippen molar-refractivity contribution in [1.82, 2.24) is 0 Å². The molecule has 0 saturated carbocycles. The number of amides is 1. The number of carboxylic acid groups (broad SMARTS) is 1. The molecule has 0 aliphatic carbocycles. The Morgan fingerprint density at radius 2 is 1.73 bits per heavy atom. The number of carboxylic acids is 1. The van der Waals surface area contributed by atoms with Crippen LogP contribution in [0.25, 0.3) is 0 Å². The van der Waals surface area contributed by atoms with Gasteiger partial charge in [0.1, 0.15) is 5.75 Å². The molecule has 0 atom stereocenters. The van der Waals surface area contributed by atoms with E-state index in [0.29, 0.717) is 11.3 Å². The number of rotatable bonds is 4. The summed E-state index contributed by atoms with van der Waals surface area (Å²) < 4.78 is 5.01. The highest BCUT2D eigenvalue weighted by molar-refractivity contribution is 6.38. The van der Waals surface area contributed by atoms with Gasteiger partial charge in [0.25, 0.3) is 5.91 Å². The van der Waals surface area contributed by atoms with E-state index in [2.05, 4.69) is 5.32 Å². The lowest BCUT2D eigenvalue weighted by Gasteiger charge is -2.10. The predicted molar refractivity (Wildman–Crippen MR) is 84.4 cm³/mol. The second kappa shape index (κ2) is 6.68. The molecule has 0 aliphatic heterocycles. The number of methoxy groups -OCH3 is 1. The molecule has 22 heavy (non-hydrogen) atoms. The van der Waals surface area contributed by atoms with E-state index in [4.69, 9.17) is 33.0 Å². The first kappa shape index (κ1) is 16.1. The molecule has 2 rings (SSSR count). The van der Waals surface area contributed by atoms with Gasteiger partial charge in [0.2, 0.25) is 0 Å². The molecule has 2 N–H and O–H groups in total. The average Bonchev–Trinajstić information content (AvgIpc) is 2.49. The van der Waals surface area contributed by atoms with Crippen molar-refractivity contribution in [1.29, 1.82) is 0 Å². The summed E-state index contributed by atoms with van der Waals surface area (Å²) in [5.74, 6) is -1.01. The Labute approximate surface area is 136 Å². The van der Waals surface area contributed by atoms with Gasteiger partial charge in [-0.3, -0.25) is 4.79 Å². The maximum Gasteiger partial charge on any atom is 0.337 e. The van der Waals surface area contributed by atoms with Crippen LogP contribution >= 0.6 is 23.2 Å². The number of nitrogens with one attached hydrogen (secondary N) is 1. The average molecular weight is 340 g/mol. The Morgan fingerprint density at radius 1 is 1.09 bits per heavy atom. The molecule has 0 fully saturated rings. The van der Waals surface area contributed by atoms with E-state index in [1.807, 2.05) is 0 Å². The van der Waals surface area contributed by atoms with Crippen LogP contribution in [0.15, 0.2) is 36.4 Å². The van der Waals surface area contributed by atoms with Gasteiger partial charge < -0.3 is 15.2 Å².